The van der Waals surface area contributed by atoms with Gasteiger partial charge in [-0.2, -0.15) is 0 Å². The third kappa shape index (κ3) is 2.79. The number of hydrogen-bond acceptors (Lipinski definition) is 3. The van der Waals surface area contributed by atoms with E-state index in [1.54, 1.807) is 0 Å². The van der Waals surface area contributed by atoms with Gasteiger partial charge in [-0.1, -0.05) is 0 Å². The Kier molecular flexibility index (Phi) is 3.81. The first-order chi connectivity index (χ1) is 9.19. The minimum absolute atomic E-state index is 0.338. The van der Waals surface area contributed by atoms with Gasteiger partial charge in [0.2, 0.25) is 5.91 Å². The molecule has 0 unspecified atom stereocenters. The van der Waals surface area contributed by atoms with E-state index in [1.165, 1.54) is 51.9 Å². The third-order valence-corrected chi connectivity index (χ3v) is 5.51. The zero-order valence-electron chi connectivity index (χ0n) is 12.2. The highest BCUT2D eigenvalue weighted by Crippen LogP contribution is 2.40. The largest absolute Gasteiger partial charge is 0.345 e. The van der Waals surface area contributed by atoms with Crippen LogP contribution in [-0.2, 0) is 4.79 Å². The molecule has 19 heavy (non-hydrogen) atoms. The molecule has 0 radical (unpaired) electrons. The molecule has 3 saturated heterocycles. The van der Waals surface area contributed by atoms with Crippen LogP contribution >= 0.6 is 0 Å². The van der Waals surface area contributed by atoms with Crippen molar-refractivity contribution in [2.45, 2.75) is 44.6 Å². The monoisotopic (exact) mass is 265 g/mol. The van der Waals surface area contributed by atoms with Gasteiger partial charge in [0.1, 0.15) is 0 Å². The zero-order valence-corrected chi connectivity index (χ0v) is 12.2. The van der Waals surface area contributed by atoms with Crippen molar-refractivity contribution in [3.63, 3.8) is 0 Å². The van der Waals surface area contributed by atoms with Crippen molar-refractivity contribution in [2.24, 2.45) is 5.41 Å². The van der Waals surface area contributed by atoms with Gasteiger partial charge in [0.25, 0.3) is 0 Å². The molecule has 1 amide bonds. The second-order valence-electron chi connectivity index (χ2n) is 6.79. The summed E-state index contributed by atoms with van der Waals surface area (Å²) in [6.45, 7) is 5.82. The maximum absolute atomic E-state index is 11.6. The molecule has 1 atom stereocenters. The Morgan fingerprint density at radius 1 is 1.26 bits per heavy atom. The molecule has 3 rings (SSSR count). The van der Waals surface area contributed by atoms with E-state index in [2.05, 4.69) is 10.2 Å². The summed E-state index contributed by atoms with van der Waals surface area (Å²) in [5, 5.41) is 3.52. The molecule has 4 nitrogen and oxygen atoms in total. The molecule has 3 aliphatic heterocycles. The Balaban J connectivity index is 1.55. The van der Waals surface area contributed by atoms with E-state index in [9.17, 15) is 4.79 Å². The number of carbonyl (C=O) groups excluding carboxylic acids is 1. The molecule has 0 bridgehead atoms. The molecule has 0 saturated carbocycles. The molecule has 0 aromatic heterocycles. The van der Waals surface area contributed by atoms with Crippen LogP contribution in [0.15, 0.2) is 0 Å². The molecule has 1 N–H and O–H groups in total. The first-order valence-electron chi connectivity index (χ1n) is 7.87. The second kappa shape index (κ2) is 5.41. The highest BCUT2D eigenvalue weighted by molar-refractivity contribution is 5.76. The Labute approximate surface area is 116 Å². The number of piperidine rings is 3. The van der Waals surface area contributed by atoms with E-state index in [1.807, 2.05) is 11.9 Å². The van der Waals surface area contributed by atoms with Crippen LogP contribution in [0.5, 0.6) is 0 Å². The highest BCUT2D eigenvalue weighted by atomic mass is 16.2. The first-order valence-corrected chi connectivity index (χ1v) is 7.87. The Hall–Kier alpha value is -0.610. The van der Waals surface area contributed by atoms with Crippen molar-refractivity contribution < 1.29 is 4.79 Å². The van der Waals surface area contributed by atoms with Crippen LogP contribution in [0.2, 0.25) is 0 Å². The van der Waals surface area contributed by atoms with Gasteiger partial charge in [-0.25, -0.2) is 0 Å². The summed E-state index contributed by atoms with van der Waals surface area (Å²) in [7, 11) is 1.97. The van der Waals surface area contributed by atoms with Gasteiger partial charge in [-0.15, -0.1) is 0 Å². The van der Waals surface area contributed by atoms with Gasteiger partial charge in [-0.3, -0.25) is 9.69 Å². The normalized spacial score (nSPS) is 32.8. The molecule has 1 spiro atoms. The van der Waals surface area contributed by atoms with Gasteiger partial charge >= 0.3 is 0 Å². The summed E-state index contributed by atoms with van der Waals surface area (Å²) in [5.74, 6) is 0.338. The summed E-state index contributed by atoms with van der Waals surface area (Å²) >= 11 is 0. The lowest BCUT2D eigenvalue weighted by molar-refractivity contribution is -0.137. The number of rotatable bonds is 1. The van der Waals surface area contributed by atoms with Crippen LogP contribution in [0.1, 0.15) is 38.5 Å². The minimum atomic E-state index is 0.338. The lowest BCUT2D eigenvalue weighted by Gasteiger charge is -2.48. The van der Waals surface area contributed by atoms with Crippen molar-refractivity contribution in [1.82, 2.24) is 15.1 Å². The molecular formula is C15H27N3O. The fourth-order valence-electron chi connectivity index (χ4n) is 4.15. The summed E-state index contributed by atoms with van der Waals surface area (Å²) in [4.78, 5) is 16.3. The van der Waals surface area contributed by atoms with Crippen LogP contribution < -0.4 is 5.32 Å². The van der Waals surface area contributed by atoms with Gasteiger partial charge in [-0.05, 0) is 57.2 Å². The highest BCUT2D eigenvalue weighted by Gasteiger charge is 2.40. The average Bonchev–Trinajstić information content (AvgIpc) is 2.45. The fourth-order valence-corrected chi connectivity index (χ4v) is 4.15. The Morgan fingerprint density at radius 3 is 2.68 bits per heavy atom. The quantitative estimate of drug-likeness (QED) is 0.770. The predicted octanol–water partition coefficient (Wildman–Crippen LogP) is 1.07. The average molecular weight is 265 g/mol. The van der Waals surface area contributed by atoms with Crippen molar-refractivity contribution in [1.29, 1.82) is 0 Å². The van der Waals surface area contributed by atoms with Crippen molar-refractivity contribution in [3.05, 3.63) is 0 Å². The van der Waals surface area contributed by atoms with Gasteiger partial charge in [0.15, 0.2) is 0 Å². The zero-order chi connectivity index (χ0) is 13.3. The van der Waals surface area contributed by atoms with Crippen LogP contribution in [0.25, 0.3) is 0 Å². The van der Waals surface area contributed by atoms with Crippen molar-refractivity contribution in [2.75, 3.05) is 39.8 Å². The van der Waals surface area contributed by atoms with E-state index >= 15 is 0 Å². The molecule has 0 aromatic carbocycles. The molecular weight excluding hydrogens is 238 g/mol. The lowest BCUT2D eigenvalue weighted by Crippen LogP contribution is -2.54. The summed E-state index contributed by atoms with van der Waals surface area (Å²) in [5.41, 5.74) is 0.432. The molecule has 3 fully saturated rings. The van der Waals surface area contributed by atoms with Crippen molar-refractivity contribution in [3.8, 4) is 0 Å². The summed E-state index contributed by atoms with van der Waals surface area (Å²) in [6.07, 6.45) is 7.12. The Bertz CT molecular complexity index is 330. The van der Waals surface area contributed by atoms with E-state index in [0.717, 1.165) is 25.4 Å². The number of hydrogen-bond donors (Lipinski definition) is 1. The molecule has 108 valence electrons. The molecule has 3 aliphatic rings. The molecule has 4 heteroatoms. The predicted molar refractivity (Wildman–Crippen MR) is 76.0 cm³/mol. The summed E-state index contributed by atoms with van der Waals surface area (Å²) < 4.78 is 0. The van der Waals surface area contributed by atoms with Crippen LogP contribution in [0, 0.1) is 5.41 Å². The fraction of sp³-hybridized carbons (Fsp3) is 0.933. The van der Waals surface area contributed by atoms with Gasteiger partial charge in [0.05, 0.1) is 0 Å². The number of nitrogens with one attached hydrogen (secondary N) is 1. The lowest BCUT2D eigenvalue weighted by atomic mass is 9.72. The van der Waals surface area contributed by atoms with Gasteiger partial charge < -0.3 is 10.2 Å². The van der Waals surface area contributed by atoms with E-state index in [4.69, 9.17) is 0 Å². The summed E-state index contributed by atoms with van der Waals surface area (Å²) in [6, 6.07) is 0.758. The van der Waals surface area contributed by atoms with Crippen LogP contribution in [0.3, 0.4) is 0 Å². The standard InChI is InChI=1S/C15H27N3O/c1-17-12-15(5-4-14(17)19)6-9-18(10-7-15)13-3-2-8-16-11-13/h13,16H,2-12H2,1H3/t13-/m1/s1. The smallest absolute Gasteiger partial charge is 0.222 e. The third-order valence-electron chi connectivity index (χ3n) is 5.51. The van der Waals surface area contributed by atoms with Crippen LogP contribution in [0.4, 0.5) is 0 Å². The topological polar surface area (TPSA) is 35.6 Å². The molecule has 0 aliphatic carbocycles. The SMILES string of the molecule is CN1CC2(CCC1=O)CCN([C@@H]1CCCNC1)CC2. The van der Waals surface area contributed by atoms with E-state index in [-0.39, 0.29) is 0 Å². The van der Waals surface area contributed by atoms with Crippen molar-refractivity contribution >= 4 is 5.91 Å². The maximum Gasteiger partial charge on any atom is 0.222 e. The Morgan fingerprint density at radius 2 is 2.05 bits per heavy atom. The van der Waals surface area contributed by atoms with Crippen LogP contribution in [-0.4, -0.2) is 61.5 Å². The number of amides is 1. The van der Waals surface area contributed by atoms with E-state index < -0.39 is 0 Å². The molecule has 0 aromatic rings. The number of carbonyl (C=O) groups is 1. The number of likely N-dealkylation sites (tertiary alicyclic amines) is 2. The molecule has 3 heterocycles. The first kappa shape index (κ1) is 13.4. The van der Waals surface area contributed by atoms with Gasteiger partial charge in [0, 0.05) is 32.6 Å². The maximum atomic E-state index is 11.6. The minimum Gasteiger partial charge on any atom is -0.345 e. The second-order valence-corrected chi connectivity index (χ2v) is 6.79. The van der Waals surface area contributed by atoms with E-state index in [0.29, 0.717) is 11.3 Å². The number of nitrogens with zero attached hydrogens (tertiary/aromatic N) is 2.